The number of nitrogens with zero attached hydrogens (tertiary/aromatic N) is 1. The molecule has 132 valence electrons. The number of carbonyl (C=O) groups excluding carboxylic acids is 2. The number of hydrogen-bond donors (Lipinski definition) is 0. The molecule has 22 heavy (non-hydrogen) atoms. The van der Waals surface area contributed by atoms with E-state index >= 15 is 0 Å². The maximum absolute atomic E-state index is 11.2. The zero-order valence-corrected chi connectivity index (χ0v) is 15.5. The van der Waals surface area contributed by atoms with Crippen LogP contribution < -0.4 is 0 Å². The molecule has 0 aliphatic heterocycles. The predicted octanol–water partition coefficient (Wildman–Crippen LogP) is 4.91. The minimum atomic E-state index is 0.0685. The lowest BCUT2D eigenvalue weighted by Gasteiger charge is -2.12. The molecule has 0 unspecified atom stereocenters. The zero-order chi connectivity index (χ0) is 17.2. The molecule has 0 aliphatic carbocycles. The third kappa shape index (κ3) is 17.2. The van der Waals surface area contributed by atoms with Crippen molar-refractivity contribution in [3.8, 4) is 0 Å². The number of amides is 1. The lowest BCUT2D eigenvalue weighted by atomic mass is 10.1. The number of hydrogen-bond acceptors (Lipinski definition) is 3. The molecule has 0 aliphatic rings. The second-order valence-electron chi connectivity index (χ2n) is 5.63. The number of unbranched alkanes of at least 4 members (excludes halogenated alkanes) is 5. The fourth-order valence-electron chi connectivity index (χ4n) is 1.92. The fourth-order valence-corrected chi connectivity index (χ4v) is 1.92. The van der Waals surface area contributed by atoms with E-state index in [0.717, 1.165) is 44.9 Å². The van der Waals surface area contributed by atoms with E-state index in [1.165, 1.54) is 31.4 Å². The molecule has 0 spiro atoms. The molecule has 0 atom stereocenters. The van der Waals surface area contributed by atoms with Gasteiger partial charge in [0.25, 0.3) is 0 Å². The quantitative estimate of drug-likeness (QED) is 0.379. The van der Waals surface area contributed by atoms with Crippen LogP contribution in [0.1, 0.15) is 91.4 Å². The average Bonchev–Trinajstić information content (AvgIpc) is 2.52. The molecule has 4 heteroatoms. The second-order valence-corrected chi connectivity index (χ2v) is 5.63. The van der Waals surface area contributed by atoms with Gasteiger partial charge in [0, 0.05) is 26.3 Å². The Morgan fingerprint density at radius 3 is 1.86 bits per heavy atom. The summed E-state index contributed by atoms with van der Waals surface area (Å²) in [6, 6.07) is 0. The summed E-state index contributed by atoms with van der Waals surface area (Å²) >= 11 is 0. The molecule has 0 aromatic rings. The van der Waals surface area contributed by atoms with E-state index < -0.39 is 0 Å². The van der Waals surface area contributed by atoms with Crippen molar-refractivity contribution in [2.45, 2.75) is 91.4 Å². The Hall–Kier alpha value is -0.900. The first kappa shape index (κ1) is 23.4. The van der Waals surface area contributed by atoms with Gasteiger partial charge in [0.05, 0.1) is 7.11 Å². The minimum absolute atomic E-state index is 0.0685. The van der Waals surface area contributed by atoms with Crippen LogP contribution in [0.5, 0.6) is 0 Å². The Labute approximate surface area is 137 Å². The molecule has 0 saturated heterocycles. The SMILES string of the molecule is CCCCC(=O)CCC.CCCCCCCC(=O)N(C)OC. The topological polar surface area (TPSA) is 46.6 Å². The van der Waals surface area contributed by atoms with Crippen LogP contribution in [0.25, 0.3) is 0 Å². The van der Waals surface area contributed by atoms with Crippen LogP contribution in [0.4, 0.5) is 0 Å². The summed E-state index contributed by atoms with van der Waals surface area (Å²) in [5.74, 6) is 0.498. The van der Waals surface area contributed by atoms with E-state index in [2.05, 4.69) is 13.8 Å². The highest BCUT2D eigenvalue weighted by Gasteiger charge is 2.06. The van der Waals surface area contributed by atoms with Gasteiger partial charge in [-0.25, -0.2) is 5.06 Å². The summed E-state index contributed by atoms with van der Waals surface area (Å²) in [6.07, 6.45) is 11.3. The van der Waals surface area contributed by atoms with Gasteiger partial charge in [0.15, 0.2) is 0 Å². The predicted molar refractivity (Wildman–Crippen MR) is 92.6 cm³/mol. The van der Waals surface area contributed by atoms with Crippen LogP contribution in [0, 0.1) is 0 Å². The summed E-state index contributed by atoms with van der Waals surface area (Å²) < 4.78 is 0. The van der Waals surface area contributed by atoms with Gasteiger partial charge in [0.1, 0.15) is 5.78 Å². The smallest absolute Gasteiger partial charge is 0.245 e. The van der Waals surface area contributed by atoms with Crippen molar-refractivity contribution >= 4 is 11.7 Å². The van der Waals surface area contributed by atoms with Crippen molar-refractivity contribution in [2.24, 2.45) is 0 Å². The van der Waals surface area contributed by atoms with Crippen LogP contribution in [-0.2, 0) is 14.4 Å². The molecule has 0 bridgehead atoms. The third-order valence-electron chi connectivity index (χ3n) is 3.46. The van der Waals surface area contributed by atoms with E-state index in [1.807, 2.05) is 6.92 Å². The van der Waals surface area contributed by atoms with Crippen molar-refractivity contribution in [2.75, 3.05) is 14.2 Å². The molecule has 0 aromatic carbocycles. The second kappa shape index (κ2) is 18.1. The van der Waals surface area contributed by atoms with Gasteiger partial charge in [-0.2, -0.15) is 0 Å². The summed E-state index contributed by atoms with van der Waals surface area (Å²) in [5, 5.41) is 1.29. The van der Waals surface area contributed by atoms with E-state index in [1.54, 1.807) is 7.05 Å². The molecule has 1 amide bonds. The molecule has 0 rings (SSSR count). The van der Waals surface area contributed by atoms with E-state index in [-0.39, 0.29) is 5.91 Å². The van der Waals surface area contributed by atoms with Crippen LogP contribution in [-0.4, -0.2) is 30.9 Å². The van der Waals surface area contributed by atoms with Gasteiger partial charge >= 0.3 is 0 Å². The van der Waals surface area contributed by atoms with Crippen LogP contribution in [0.2, 0.25) is 0 Å². The highest BCUT2D eigenvalue weighted by Crippen LogP contribution is 2.06. The van der Waals surface area contributed by atoms with Crippen LogP contribution >= 0.6 is 0 Å². The molecule has 4 nitrogen and oxygen atoms in total. The molecular weight excluding hydrogens is 278 g/mol. The van der Waals surface area contributed by atoms with Gasteiger partial charge in [-0.3, -0.25) is 14.4 Å². The lowest BCUT2D eigenvalue weighted by Crippen LogP contribution is -2.24. The van der Waals surface area contributed by atoms with Crippen molar-refractivity contribution in [1.82, 2.24) is 5.06 Å². The Morgan fingerprint density at radius 2 is 1.36 bits per heavy atom. The maximum atomic E-state index is 11.2. The highest BCUT2D eigenvalue weighted by molar-refractivity contribution is 5.78. The highest BCUT2D eigenvalue weighted by atomic mass is 16.7. The summed E-state index contributed by atoms with van der Waals surface area (Å²) in [7, 11) is 3.16. The van der Waals surface area contributed by atoms with Gasteiger partial charge < -0.3 is 0 Å². The Balaban J connectivity index is 0. The molecule has 0 fully saturated rings. The van der Waals surface area contributed by atoms with E-state index in [4.69, 9.17) is 4.84 Å². The van der Waals surface area contributed by atoms with Crippen molar-refractivity contribution in [3.63, 3.8) is 0 Å². The number of Topliss-reactive ketones (excluding diaryl/α,β-unsaturated/α-hetero) is 1. The van der Waals surface area contributed by atoms with Gasteiger partial charge in [-0.15, -0.1) is 0 Å². The number of ketones is 1. The Morgan fingerprint density at radius 1 is 0.773 bits per heavy atom. The van der Waals surface area contributed by atoms with Gasteiger partial charge in [0.2, 0.25) is 5.91 Å². The van der Waals surface area contributed by atoms with Crippen LogP contribution in [0.15, 0.2) is 0 Å². The largest absolute Gasteiger partial charge is 0.300 e. The van der Waals surface area contributed by atoms with Gasteiger partial charge in [-0.05, 0) is 19.3 Å². The molecule has 0 saturated carbocycles. The van der Waals surface area contributed by atoms with Crippen molar-refractivity contribution in [3.05, 3.63) is 0 Å². The molecule has 0 heterocycles. The normalized spacial score (nSPS) is 9.86. The first-order valence-electron chi connectivity index (χ1n) is 8.85. The third-order valence-corrected chi connectivity index (χ3v) is 3.46. The van der Waals surface area contributed by atoms with Gasteiger partial charge in [-0.1, -0.05) is 52.9 Å². The van der Waals surface area contributed by atoms with Crippen LogP contribution in [0.3, 0.4) is 0 Å². The Bertz CT molecular complexity index is 267. The van der Waals surface area contributed by atoms with E-state index in [9.17, 15) is 9.59 Å². The number of carbonyl (C=O) groups is 2. The first-order valence-corrected chi connectivity index (χ1v) is 8.85. The molecule has 0 aromatic heterocycles. The standard InChI is InChI=1S/C10H21NO2.C8H16O/c1-4-5-6-7-8-9-10(12)11(2)13-3;1-3-5-7-8(9)6-4-2/h4-9H2,1-3H3;3-7H2,1-2H3. The van der Waals surface area contributed by atoms with E-state index in [0.29, 0.717) is 12.2 Å². The molecular formula is C18H37NO3. The summed E-state index contributed by atoms with van der Waals surface area (Å²) in [4.78, 5) is 26.8. The molecule has 0 N–H and O–H groups in total. The number of rotatable bonds is 12. The maximum Gasteiger partial charge on any atom is 0.245 e. The fraction of sp³-hybridized carbons (Fsp3) is 0.889. The summed E-state index contributed by atoms with van der Waals surface area (Å²) in [6.45, 7) is 6.34. The summed E-state index contributed by atoms with van der Waals surface area (Å²) in [5.41, 5.74) is 0. The molecule has 0 radical (unpaired) electrons. The monoisotopic (exact) mass is 315 g/mol. The zero-order valence-electron chi connectivity index (χ0n) is 15.5. The average molecular weight is 315 g/mol. The lowest BCUT2D eigenvalue weighted by molar-refractivity contribution is -0.168. The van der Waals surface area contributed by atoms with Crippen molar-refractivity contribution in [1.29, 1.82) is 0 Å². The Kier molecular flexibility index (Phi) is 19.3. The minimum Gasteiger partial charge on any atom is -0.300 e. The number of hydroxylamine groups is 2. The van der Waals surface area contributed by atoms with Crippen molar-refractivity contribution < 1.29 is 14.4 Å². The first-order chi connectivity index (χ1) is 10.5.